The molecule has 7 heteroatoms. The van der Waals surface area contributed by atoms with Gasteiger partial charge in [-0.15, -0.1) is 0 Å². The van der Waals surface area contributed by atoms with E-state index in [-0.39, 0.29) is 11.4 Å². The lowest BCUT2D eigenvalue weighted by Gasteiger charge is -2.28. The highest BCUT2D eigenvalue weighted by Gasteiger charge is 2.19. The molecule has 0 bridgehead atoms. The molecule has 3 rings (SSSR count). The summed E-state index contributed by atoms with van der Waals surface area (Å²) in [6.45, 7) is 1.65. The van der Waals surface area contributed by atoms with Crippen molar-refractivity contribution >= 4 is 28.5 Å². The van der Waals surface area contributed by atoms with Crippen LogP contribution in [0.3, 0.4) is 0 Å². The van der Waals surface area contributed by atoms with Crippen LogP contribution in [0.4, 0.5) is 5.82 Å². The number of anilines is 1. The zero-order chi connectivity index (χ0) is 13.2. The van der Waals surface area contributed by atoms with Crippen LogP contribution in [0, 0.1) is 0 Å². The van der Waals surface area contributed by atoms with Gasteiger partial charge in [0.2, 0.25) is 5.28 Å². The van der Waals surface area contributed by atoms with E-state index in [1.807, 2.05) is 7.05 Å². The highest BCUT2D eigenvalue weighted by Crippen LogP contribution is 2.24. The van der Waals surface area contributed by atoms with Crippen molar-refractivity contribution in [1.82, 2.24) is 20.2 Å². The van der Waals surface area contributed by atoms with Crippen molar-refractivity contribution in [3.8, 4) is 0 Å². The molecule has 1 aliphatic heterocycles. The topological polar surface area (TPSA) is 66.9 Å². The van der Waals surface area contributed by atoms with Crippen LogP contribution in [0.25, 0.3) is 11.0 Å². The van der Waals surface area contributed by atoms with Crippen LogP contribution in [0.15, 0.2) is 6.20 Å². The van der Waals surface area contributed by atoms with Gasteiger partial charge in [-0.25, -0.2) is 0 Å². The average Bonchev–Trinajstić information content (AvgIpc) is 2.86. The number of hydrogen-bond acceptors (Lipinski definition) is 5. The largest absolute Gasteiger partial charge is 0.376 e. The molecule has 1 N–H and O–H groups in total. The standard InChI is InChI=1S/C12H16ClN5O/c1-18(7-8-4-2-3-5-19-8)11-9-6-14-17-10(9)15-12(13)16-11/h6,8H,2-5,7H2,1H3,(H,14,15,16,17). The number of hydrogen-bond donors (Lipinski definition) is 1. The second-order valence-corrected chi connectivity index (χ2v) is 5.16. The number of nitrogens with zero attached hydrogens (tertiary/aromatic N) is 4. The molecule has 2 aromatic heterocycles. The number of nitrogens with one attached hydrogen (secondary N) is 1. The van der Waals surface area contributed by atoms with E-state index >= 15 is 0 Å². The molecule has 0 radical (unpaired) electrons. The summed E-state index contributed by atoms with van der Waals surface area (Å²) in [6, 6.07) is 0. The van der Waals surface area contributed by atoms with E-state index in [1.165, 1.54) is 6.42 Å². The smallest absolute Gasteiger partial charge is 0.226 e. The Morgan fingerprint density at radius 3 is 3.16 bits per heavy atom. The maximum Gasteiger partial charge on any atom is 0.226 e. The van der Waals surface area contributed by atoms with Crippen molar-refractivity contribution in [2.75, 3.05) is 25.1 Å². The monoisotopic (exact) mass is 281 g/mol. The fourth-order valence-corrected chi connectivity index (χ4v) is 2.59. The van der Waals surface area contributed by atoms with E-state index < -0.39 is 0 Å². The summed E-state index contributed by atoms with van der Waals surface area (Å²) < 4.78 is 5.75. The first-order chi connectivity index (χ1) is 9.24. The maximum atomic E-state index is 5.94. The fraction of sp³-hybridized carbons (Fsp3) is 0.583. The third-order valence-corrected chi connectivity index (χ3v) is 3.54. The first-order valence-corrected chi connectivity index (χ1v) is 6.81. The van der Waals surface area contributed by atoms with Crippen molar-refractivity contribution in [3.63, 3.8) is 0 Å². The highest BCUT2D eigenvalue weighted by atomic mass is 35.5. The molecule has 0 spiro atoms. The predicted molar refractivity (Wildman–Crippen MR) is 73.6 cm³/mol. The summed E-state index contributed by atoms with van der Waals surface area (Å²) in [6.07, 6.45) is 5.46. The van der Waals surface area contributed by atoms with E-state index in [1.54, 1.807) is 6.20 Å². The summed E-state index contributed by atoms with van der Waals surface area (Å²) in [5.41, 5.74) is 0.659. The molecule has 102 valence electrons. The highest BCUT2D eigenvalue weighted by molar-refractivity contribution is 6.28. The number of likely N-dealkylation sites (N-methyl/N-ethyl adjacent to an activating group) is 1. The normalized spacial score (nSPS) is 19.8. The lowest BCUT2D eigenvalue weighted by molar-refractivity contribution is 0.0215. The lowest BCUT2D eigenvalue weighted by atomic mass is 10.1. The first-order valence-electron chi connectivity index (χ1n) is 6.43. The van der Waals surface area contributed by atoms with Crippen LogP contribution in [0.1, 0.15) is 19.3 Å². The van der Waals surface area contributed by atoms with E-state index in [0.29, 0.717) is 5.65 Å². The second-order valence-electron chi connectivity index (χ2n) is 4.82. The second kappa shape index (κ2) is 5.30. The molecular formula is C12H16ClN5O. The van der Waals surface area contributed by atoms with Crippen LogP contribution in [0.2, 0.25) is 5.28 Å². The number of fused-ring (bicyclic) bond motifs is 1. The fourth-order valence-electron chi connectivity index (χ4n) is 2.43. The number of H-pyrrole nitrogens is 1. The van der Waals surface area contributed by atoms with E-state index in [2.05, 4.69) is 25.1 Å². The van der Waals surface area contributed by atoms with Crippen LogP contribution in [-0.4, -0.2) is 46.5 Å². The van der Waals surface area contributed by atoms with Gasteiger partial charge < -0.3 is 9.64 Å². The Kier molecular flexibility index (Phi) is 3.52. The molecule has 1 saturated heterocycles. The Labute approximate surface area is 116 Å². The van der Waals surface area contributed by atoms with E-state index in [9.17, 15) is 0 Å². The molecule has 1 atom stereocenters. The van der Waals surface area contributed by atoms with Gasteiger partial charge in [0.05, 0.1) is 17.7 Å². The van der Waals surface area contributed by atoms with E-state index in [4.69, 9.17) is 16.3 Å². The van der Waals surface area contributed by atoms with Gasteiger partial charge in [-0.2, -0.15) is 15.1 Å². The Hall–Kier alpha value is -1.40. The Balaban J connectivity index is 1.83. The molecule has 1 fully saturated rings. The molecular weight excluding hydrogens is 266 g/mol. The summed E-state index contributed by atoms with van der Waals surface area (Å²) in [5, 5.41) is 7.91. The van der Waals surface area contributed by atoms with Crippen LogP contribution < -0.4 is 4.90 Å². The number of halogens is 1. The summed E-state index contributed by atoms with van der Waals surface area (Å²) >= 11 is 5.94. The van der Waals surface area contributed by atoms with Crippen molar-refractivity contribution in [2.24, 2.45) is 0 Å². The Morgan fingerprint density at radius 2 is 2.37 bits per heavy atom. The Morgan fingerprint density at radius 1 is 1.47 bits per heavy atom. The third-order valence-electron chi connectivity index (χ3n) is 3.38. The van der Waals surface area contributed by atoms with Crippen molar-refractivity contribution in [3.05, 3.63) is 11.5 Å². The maximum absolute atomic E-state index is 5.94. The van der Waals surface area contributed by atoms with Crippen LogP contribution in [0.5, 0.6) is 0 Å². The molecule has 0 amide bonds. The van der Waals surface area contributed by atoms with Gasteiger partial charge in [0.15, 0.2) is 5.65 Å². The quantitative estimate of drug-likeness (QED) is 0.872. The van der Waals surface area contributed by atoms with Gasteiger partial charge in [0.25, 0.3) is 0 Å². The third kappa shape index (κ3) is 2.64. The Bertz CT molecular complexity index is 566. The molecule has 1 aliphatic rings. The van der Waals surface area contributed by atoms with Gasteiger partial charge >= 0.3 is 0 Å². The summed E-state index contributed by atoms with van der Waals surface area (Å²) in [5.74, 6) is 0.790. The number of ether oxygens (including phenoxy) is 1. The van der Waals surface area contributed by atoms with Crippen LogP contribution >= 0.6 is 11.6 Å². The number of rotatable bonds is 3. The average molecular weight is 282 g/mol. The molecule has 0 aromatic carbocycles. The van der Waals surface area contributed by atoms with Gasteiger partial charge in [-0.1, -0.05) is 0 Å². The summed E-state index contributed by atoms with van der Waals surface area (Å²) in [7, 11) is 1.99. The minimum atomic E-state index is 0.225. The predicted octanol–water partition coefficient (Wildman–Crippen LogP) is 2.01. The minimum absolute atomic E-state index is 0.225. The van der Waals surface area contributed by atoms with E-state index in [0.717, 1.165) is 37.2 Å². The minimum Gasteiger partial charge on any atom is -0.376 e. The van der Waals surface area contributed by atoms with Crippen molar-refractivity contribution < 1.29 is 4.74 Å². The van der Waals surface area contributed by atoms with Gasteiger partial charge in [0, 0.05) is 20.2 Å². The molecule has 19 heavy (non-hydrogen) atoms. The van der Waals surface area contributed by atoms with Crippen molar-refractivity contribution in [1.29, 1.82) is 0 Å². The molecule has 0 saturated carbocycles. The molecule has 0 aliphatic carbocycles. The van der Waals surface area contributed by atoms with Gasteiger partial charge in [-0.3, -0.25) is 5.10 Å². The zero-order valence-corrected chi connectivity index (χ0v) is 11.5. The number of aromatic nitrogens is 4. The van der Waals surface area contributed by atoms with Gasteiger partial charge in [-0.05, 0) is 30.9 Å². The van der Waals surface area contributed by atoms with Gasteiger partial charge in [0.1, 0.15) is 5.82 Å². The SMILES string of the molecule is CN(CC1CCCCO1)c1nc(Cl)nc2[nH]ncc12. The van der Waals surface area contributed by atoms with Crippen molar-refractivity contribution in [2.45, 2.75) is 25.4 Å². The first kappa shape index (κ1) is 12.6. The molecule has 2 aromatic rings. The number of aromatic amines is 1. The lowest BCUT2D eigenvalue weighted by Crippen LogP contribution is -2.33. The summed E-state index contributed by atoms with van der Waals surface area (Å²) in [4.78, 5) is 10.5. The molecule has 1 unspecified atom stereocenters. The zero-order valence-electron chi connectivity index (χ0n) is 10.8. The molecule has 6 nitrogen and oxygen atoms in total. The molecule has 3 heterocycles. The van der Waals surface area contributed by atoms with Crippen LogP contribution in [-0.2, 0) is 4.74 Å².